The Balaban J connectivity index is 1.47. The van der Waals surface area contributed by atoms with Crippen molar-refractivity contribution in [2.75, 3.05) is 26.1 Å². The molecule has 4 aromatic rings. The predicted molar refractivity (Wildman–Crippen MR) is 171 cm³/mol. The van der Waals surface area contributed by atoms with E-state index in [1.807, 2.05) is 61.5 Å². The number of methoxy groups -OCH3 is 2. The molecule has 0 spiro atoms. The summed E-state index contributed by atoms with van der Waals surface area (Å²) in [5, 5.41) is 12.6. The lowest BCUT2D eigenvalue weighted by molar-refractivity contribution is -0.112. The second kappa shape index (κ2) is 15.8. The molecule has 0 radical (unpaired) electrons. The number of esters is 1. The van der Waals surface area contributed by atoms with Gasteiger partial charge in [-0.2, -0.15) is 5.26 Å². The van der Waals surface area contributed by atoms with Gasteiger partial charge < -0.3 is 29.0 Å². The molecule has 9 nitrogen and oxygen atoms in total. The molecule has 0 saturated heterocycles. The highest BCUT2D eigenvalue weighted by molar-refractivity contribution is 6.32. The van der Waals surface area contributed by atoms with Crippen molar-refractivity contribution in [3.05, 3.63) is 118 Å². The summed E-state index contributed by atoms with van der Waals surface area (Å²) < 4.78 is 28.0. The number of nitriles is 1. The van der Waals surface area contributed by atoms with Gasteiger partial charge in [0.05, 0.1) is 31.4 Å². The van der Waals surface area contributed by atoms with Crippen LogP contribution in [0.2, 0.25) is 5.02 Å². The van der Waals surface area contributed by atoms with Crippen LogP contribution in [0.4, 0.5) is 5.69 Å². The molecule has 0 aliphatic heterocycles. The maximum atomic E-state index is 12.8. The van der Waals surface area contributed by atoms with Crippen molar-refractivity contribution in [3.8, 4) is 29.1 Å². The largest absolute Gasteiger partial charge is 0.493 e. The maximum Gasteiger partial charge on any atom is 0.337 e. The fourth-order valence-electron chi connectivity index (χ4n) is 4.21. The Labute approximate surface area is 266 Å². The number of carbonyl (C=O) groups excluding carboxylic acids is 2. The Morgan fingerprint density at radius 2 is 1.58 bits per heavy atom. The summed E-state index contributed by atoms with van der Waals surface area (Å²) in [5.41, 5.74) is 2.88. The molecule has 1 N–H and O–H groups in total. The highest BCUT2D eigenvalue weighted by Crippen LogP contribution is 2.38. The second-order valence-corrected chi connectivity index (χ2v) is 9.91. The first-order valence-electron chi connectivity index (χ1n) is 13.9. The molecule has 0 aliphatic carbocycles. The summed E-state index contributed by atoms with van der Waals surface area (Å²) in [4.78, 5) is 24.5. The summed E-state index contributed by atoms with van der Waals surface area (Å²) in [6, 6.07) is 26.6. The smallest absolute Gasteiger partial charge is 0.337 e. The Hall–Kier alpha value is -5.46. The van der Waals surface area contributed by atoms with E-state index in [1.165, 1.54) is 37.5 Å². The summed E-state index contributed by atoms with van der Waals surface area (Å²) in [6.07, 6.45) is 1.40. The quantitative estimate of drug-likeness (QED) is 0.0938. The van der Waals surface area contributed by atoms with Crippen LogP contribution in [0.15, 0.2) is 90.5 Å². The molecule has 0 aromatic heterocycles. The lowest BCUT2D eigenvalue weighted by Crippen LogP contribution is -2.13. The van der Waals surface area contributed by atoms with Crippen LogP contribution in [0.3, 0.4) is 0 Å². The van der Waals surface area contributed by atoms with Crippen molar-refractivity contribution in [3.63, 3.8) is 0 Å². The van der Waals surface area contributed by atoms with Crippen molar-refractivity contribution in [1.82, 2.24) is 0 Å². The van der Waals surface area contributed by atoms with Gasteiger partial charge in [-0.3, -0.25) is 4.79 Å². The zero-order chi connectivity index (χ0) is 32.2. The van der Waals surface area contributed by atoms with E-state index in [0.717, 1.165) is 11.1 Å². The summed E-state index contributed by atoms with van der Waals surface area (Å²) in [5.74, 6) is 0.689. The molecule has 10 heteroatoms. The average Bonchev–Trinajstić information content (AvgIpc) is 3.06. The third-order valence-electron chi connectivity index (χ3n) is 6.42. The van der Waals surface area contributed by atoms with Crippen LogP contribution in [-0.2, 0) is 22.7 Å². The number of anilines is 1. The third-order valence-corrected chi connectivity index (χ3v) is 6.70. The van der Waals surface area contributed by atoms with Gasteiger partial charge in [-0.1, -0.05) is 48.0 Å². The fourth-order valence-corrected chi connectivity index (χ4v) is 4.48. The van der Waals surface area contributed by atoms with Crippen LogP contribution in [0.25, 0.3) is 6.08 Å². The minimum absolute atomic E-state index is 0.158. The number of hydrogen-bond acceptors (Lipinski definition) is 8. The second-order valence-electron chi connectivity index (χ2n) is 9.50. The SMILES string of the molecule is CCOc1cc(/C=C(/C#N)C(=O)Nc2ccc(C(=O)OC)cc2)cc(Cl)c1OCc1ccc(OCc2ccccc2)c(OC)c1. The number of rotatable bonds is 13. The number of ether oxygens (including phenoxy) is 5. The van der Waals surface area contributed by atoms with Crippen LogP contribution in [0.5, 0.6) is 23.0 Å². The number of nitrogens with one attached hydrogen (secondary N) is 1. The van der Waals surface area contributed by atoms with Crippen LogP contribution in [-0.4, -0.2) is 32.7 Å². The molecule has 4 aromatic carbocycles. The van der Waals surface area contributed by atoms with Gasteiger partial charge in [-0.05, 0) is 78.2 Å². The first kappa shape index (κ1) is 32.5. The first-order chi connectivity index (χ1) is 21.8. The first-order valence-corrected chi connectivity index (χ1v) is 14.3. The van der Waals surface area contributed by atoms with Crippen LogP contribution < -0.4 is 24.3 Å². The minimum atomic E-state index is -0.636. The van der Waals surface area contributed by atoms with E-state index >= 15 is 0 Å². The van der Waals surface area contributed by atoms with E-state index in [2.05, 4.69) is 10.1 Å². The predicted octanol–water partition coefficient (Wildman–Crippen LogP) is 7.24. The molecule has 230 valence electrons. The molecular weight excluding hydrogens is 596 g/mol. The maximum absolute atomic E-state index is 12.8. The molecule has 1 amide bonds. The Morgan fingerprint density at radius 1 is 0.844 bits per heavy atom. The number of hydrogen-bond donors (Lipinski definition) is 1. The van der Waals surface area contributed by atoms with Crippen LogP contribution >= 0.6 is 11.6 Å². The molecule has 4 rings (SSSR count). The Morgan fingerprint density at radius 3 is 2.24 bits per heavy atom. The Kier molecular flexibility index (Phi) is 11.4. The van der Waals surface area contributed by atoms with Crippen molar-refractivity contribution < 1.29 is 33.3 Å². The van der Waals surface area contributed by atoms with Gasteiger partial charge in [-0.25, -0.2) is 4.79 Å². The zero-order valence-corrected chi connectivity index (χ0v) is 25.7. The molecular formula is C35H31ClN2O7. The van der Waals surface area contributed by atoms with Crippen LogP contribution in [0.1, 0.15) is 34.0 Å². The summed E-state index contributed by atoms with van der Waals surface area (Å²) >= 11 is 6.61. The molecule has 0 aliphatic rings. The molecule has 0 saturated carbocycles. The standard InChI is InChI=1S/C35H31ClN2O7/c1-4-43-32-19-25(16-27(20-37)34(39)38-28-13-11-26(12-14-28)35(40)42-3)17-29(36)33(32)45-22-24-10-15-30(31(18-24)41-2)44-21-23-8-6-5-7-9-23/h5-19H,4,21-22H2,1-3H3,(H,38,39)/b27-16-. The normalized spacial score (nSPS) is 10.8. The highest BCUT2D eigenvalue weighted by Gasteiger charge is 2.16. The molecule has 0 bridgehead atoms. The van der Waals surface area contributed by atoms with Gasteiger partial charge >= 0.3 is 5.97 Å². The van der Waals surface area contributed by atoms with E-state index in [4.69, 9.17) is 30.5 Å². The van der Waals surface area contributed by atoms with E-state index < -0.39 is 11.9 Å². The average molecular weight is 627 g/mol. The van der Waals surface area contributed by atoms with Crippen LogP contribution in [0, 0.1) is 11.3 Å². The number of benzene rings is 4. The third kappa shape index (κ3) is 8.78. The molecule has 0 atom stereocenters. The highest BCUT2D eigenvalue weighted by atomic mass is 35.5. The number of carbonyl (C=O) groups is 2. The lowest BCUT2D eigenvalue weighted by atomic mass is 10.1. The number of nitrogens with zero attached hydrogens (tertiary/aromatic N) is 1. The summed E-state index contributed by atoms with van der Waals surface area (Å²) in [7, 11) is 2.85. The molecule has 0 fully saturated rings. The van der Waals surface area contributed by atoms with Gasteiger partial charge in [0.25, 0.3) is 5.91 Å². The van der Waals surface area contributed by atoms with Crippen molar-refractivity contribution >= 4 is 35.2 Å². The lowest BCUT2D eigenvalue weighted by Gasteiger charge is -2.16. The van der Waals surface area contributed by atoms with Gasteiger partial charge in [-0.15, -0.1) is 0 Å². The van der Waals surface area contributed by atoms with Gasteiger partial charge in [0.15, 0.2) is 23.0 Å². The van der Waals surface area contributed by atoms with E-state index in [9.17, 15) is 14.9 Å². The van der Waals surface area contributed by atoms with Crippen molar-refractivity contribution in [2.45, 2.75) is 20.1 Å². The van der Waals surface area contributed by atoms with Gasteiger partial charge in [0.1, 0.15) is 24.9 Å². The van der Waals surface area contributed by atoms with Gasteiger partial charge in [0, 0.05) is 5.69 Å². The molecule has 45 heavy (non-hydrogen) atoms. The van der Waals surface area contributed by atoms with Crippen molar-refractivity contribution in [1.29, 1.82) is 5.26 Å². The zero-order valence-electron chi connectivity index (χ0n) is 25.0. The van der Waals surface area contributed by atoms with Gasteiger partial charge in [0.2, 0.25) is 0 Å². The molecule has 0 unspecified atom stereocenters. The topological polar surface area (TPSA) is 116 Å². The number of amides is 1. The van der Waals surface area contributed by atoms with E-state index in [-0.39, 0.29) is 17.2 Å². The fraction of sp³-hybridized carbons (Fsp3) is 0.171. The van der Waals surface area contributed by atoms with E-state index in [1.54, 1.807) is 19.2 Å². The van der Waals surface area contributed by atoms with E-state index in [0.29, 0.717) is 53.0 Å². The minimum Gasteiger partial charge on any atom is -0.493 e. The molecule has 0 heterocycles. The monoisotopic (exact) mass is 626 g/mol. The number of halogens is 1. The Bertz CT molecular complexity index is 1710. The summed E-state index contributed by atoms with van der Waals surface area (Å²) in [6.45, 7) is 2.71. The van der Waals surface area contributed by atoms with Crippen molar-refractivity contribution in [2.24, 2.45) is 0 Å².